The highest BCUT2D eigenvalue weighted by atomic mass is 79.9. The van der Waals surface area contributed by atoms with Gasteiger partial charge in [0.05, 0.1) is 0 Å². The number of carboxylic acids is 1. The normalized spacial score (nSPS) is 10.2. The van der Waals surface area contributed by atoms with Crippen molar-refractivity contribution in [3.63, 3.8) is 0 Å². The maximum atomic E-state index is 10.7. The summed E-state index contributed by atoms with van der Waals surface area (Å²) < 4.78 is 1.01. The molecule has 0 spiro atoms. The maximum Gasteiger partial charge on any atom is 0.323 e. The molecule has 88 valence electrons. The van der Waals surface area contributed by atoms with Crippen LogP contribution in [0.25, 0.3) is 0 Å². The number of rotatable bonds is 5. The Morgan fingerprint density at radius 1 is 1.56 bits per heavy atom. The molecule has 4 nitrogen and oxygen atoms in total. The minimum absolute atomic E-state index is 0.0295. The molecule has 3 N–H and O–H groups in total. The number of aryl methyl sites for hydroxylation is 1. The van der Waals surface area contributed by atoms with Crippen LogP contribution in [0.2, 0.25) is 0 Å². The van der Waals surface area contributed by atoms with Crippen LogP contribution >= 0.6 is 15.9 Å². The molecule has 0 bridgehead atoms. The van der Waals surface area contributed by atoms with Crippen LogP contribution in [0.3, 0.4) is 0 Å². The number of anilines is 1. The zero-order valence-corrected chi connectivity index (χ0v) is 10.7. The molecule has 5 heteroatoms. The molecule has 0 aliphatic carbocycles. The summed E-state index contributed by atoms with van der Waals surface area (Å²) in [5.74, 6) is -0.853. The number of halogens is 1. The van der Waals surface area contributed by atoms with Gasteiger partial charge in [0, 0.05) is 23.2 Å². The van der Waals surface area contributed by atoms with Gasteiger partial charge in [0.25, 0.3) is 0 Å². The van der Waals surface area contributed by atoms with Gasteiger partial charge < -0.3 is 15.7 Å². The highest BCUT2D eigenvalue weighted by Crippen LogP contribution is 2.22. The molecular weight excluding hydrogens is 272 g/mol. The zero-order valence-electron chi connectivity index (χ0n) is 9.11. The van der Waals surface area contributed by atoms with Gasteiger partial charge in [0.1, 0.15) is 6.54 Å². The standard InChI is InChI=1S/C11H15BrN2O2/c1-8-6-9(2-3-10(8)12)14(5-4-13)7-11(15)16/h2-3,6H,4-5,7,13H2,1H3,(H,15,16). The molecule has 1 rings (SSSR count). The first-order valence-corrected chi connectivity index (χ1v) is 5.77. The summed E-state index contributed by atoms with van der Waals surface area (Å²) >= 11 is 3.41. The molecular formula is C11H15BrN2O2. The van der Waals surface area contributed by atoms with E-state index in [2.05, 4.69) is 15.9 Å². The van der Waals surface area contributed by atoms with E-state index in [-0.39, 0.29) is 6.54 Å². The smallest absolute Gasteiger partial charge is 0.323 e. The Hall–Kier alpha value is -1.07. The highest BCUT2D eigenvalue weighted by Gasteiger charge is 2.10. The first-order valence-electron chi connectivity index (χ1n) is 4.97. The van der Waals surface area contributed by atoms with Crippen LogP contribution in [0.4, 0.5) is 5.69 Å². The topological polar surface area (TPSA) is 66.6 Å². The summed E-state index contributed by atoms with van der Waals surface area (Å²) in [6.07, 6.45) is 0. The number of hydrogen-bond donors (Lipinski definition) is 2. The number of aliphatic carboxylic acids is 1. The van der Waals surface area contributed by atoms with E-state index in [0.29, 0.717) is 13.1 Å². The summed E-state index contributed by atoms with van der Waals surface area (Å²) in [5.41, 5.74) is 7.42. The lowest BCUT2D eigenvalue weighted by Crippen LogP contribution is -2.34. The van der Waals surface area contributed by atoms with Crippen LogP contribution in [0.15, 0.2) is 22.7 Å². The second kappa shape index (κ2) is 5.86. The second-order valence-corrected chi connectivity index (χ2v) is 4.39. The molecule has 1 aromatic rings. The fourth-order valence-corrected chi connectivity index (χ4v) is 1.69. The SMILES string of the molecule is Cc1cc(N(CCN)CC(=O)O)ccc1Br. The Balaban J connectivity index is 2.91. The number of nitrogens with zero attached hydrogens (tertiary/aromatic N) is 1. The minimum Gasteiger partial charge on any atom is -0.480 e. The van der Waals surface area contributed by atoms with Crippen molar-refractivity contribution in [3.8, 4) is 0 Å². The molecule has 1 aromatic carbocycles. The van der Waals surface area contributed by atoms with Crippen molar-refractivity contribution in [1.29, 1.82) is 0 Å². The Morgan fingerprint density at radius 3 is 2.75 bits per heavy atom. The van der Waals surface area contributed by atoms with E-state index in [0.717, 1.165) is 15.7 Å². The van der Waals surface area contributed by atoms with Gasteiger partial charge in [-0.15, -0.1) is 0 Å². The summed E-state index contributed by atoms with van der Waals surface area (Å²) in [7, 11) is 0. The molecule has 0 amide bonds. The van der Waals surface area contributed by atoms with Gasteiger partial charge in [-0.05, 0) is 30.7 Å². The van der Waals surface area contributed by atoms with Gasteiger partial charge in [-0.3, -0.25) is 4.79 Å². The van der Waals surface area contributed by atoms with Crippen molar-refractivity contribution in [2.45, 2.75) is 6.92 Å². The predicted molar refractivity (Wildman–Crippen MR) is 67.8 cm³/mol. The Labute approximate surface area is 103 Å². The molecule has 0 saturated heterocycles. The van der Waals surface area contributed by atoms with Crippen LogP contribution in [-0.4, -0.2) is 30.7 Å². The van der Waals surface area contributed by atoms with Crippen molar-refractivity contribution < 1.29 is 9.90 Å². The number of hydrogen-bond acceptors (Lipinski definition) is 3. The van der Waals surface area contributed by atoms with E-state index >= 15 is 0 Å². The van der Waals surface area contributed by atoms with E-state index < -0.39 is 5.97 Å². The largest absolute Gasteiger partial charge is 0.480 e. The van der Waals surface area contributed by atoms with E-state index in [9.17, 15) is 4.79 Å². The van der Waals surface area contributed by atoms with Crippen molar-refractivity contribution in [1.82, 2.24) is 0 Å². The molecule has 0 aromatic heterocycles. The molecule has 0 atom stereocenters. The van der Waals surface area contributed by atoms with E-state index in [4.69, 9.17) is 10.8 Å². The molecule has 0 fully saturated rings. The number of nitrogens with two attached hydrogens (primary N) is 1. The third kappa shape index (κ3) is 3.50. The van der Waals surface area contributed by atoms with Gasteiger partial charge in [0.15, 0.2) is 0 Å². The zero-order chi connectivity index (χ0) is 12.1. The molecule has 0 aliphatic rings. The van der Waals surface area contributed by atoms with Crippen LogP contribution in [0, 0.1) is 6.92 Å². The average molecular weight is 287 g/mol. The predicted octanol–water partition coefficient (Wildman–Crippen LogP) is 1.61. The third-order valence-corrected chi connectivity index (χ3v) is 3.12. The summed E-state index contributed by atoms with van der Waals surface area (Å²) in [6.45, 7) is 2.91. The second-order valence-electron chi connectivity index (χ2n) is 3.54. The quantitative estimate of drug-likeness (QED) is 0.863. The molecule has 0 heterocycles. The Morgan fingerprint density at radius 2 is 2.25 bits per heavy atom. The molecule has 0 radical (unpaired) electrons. The van der Waals surface area contributed by atoms with Gasteiger partial charge in [-0.2, -0.15) is 0 Å². The molecule has 0 unspecified atom stereocenters. The molecule has 0 aliphatic heterocycles. The number of carbonyl (C=O) groups is 1. The van der Waals surface area contributed by atoms with Crippen LogP contribution in [0.5, 0.6) is 0 Å². The Bertz CT molecular complexity index is 382. The fourth-order valence-electron chi connectivity index (χ4n) is 1.44. The van der Waals surface area contributed by atoms with E-state index in [1.165, 1.54) is 0 Å². The number of benzene rings is 1. The summed E-state index contributed by atoms with van der Waals surface area (Å²) in [5, 5.41) is 8.80. The average Bonchev–Trinajstić information content (AvgIpc) is 2.21. The van der Waals surface area contributed by atoms with Crippen LogP contribution in [0.1, 0.15) is 5.56 Å². The monoisotopic (exact) mass is 286 g/mol. The van der Waals surface area contributed by atoms with Crippen LogP contribution in [-0.2, 0) is 4.79 Å². The van der Waals surface area contributed by atoms with Crippen molar-refractivity contribution in [3.05, 3.63) is 28.2 Å². The fraction of sp³-hybridized carbons (Fsp3) is 0.364. The van der Waals surface area contributed by atoms with Crippen LogP contribution < -0.4 is 10.6 Å². The first kappa shape index (κ1) is 13.0. The van der Waals surface area contributed by atoms with Gasteiger partial charge in [-0.1, -0.05) is 15.9 Å². The van der Waals surface area contributed by atoms with E-state index in [1.807, 2.05) is 25.1 Å². The van der Waals surface area contributed by atoms with Crippen molar-refractivity contribution in [2.75, 3.05) is 24.5 Å². The molecule has 16 heavy (non-hydrogen) atoms. The lowest BCUT2D eigenvalue weighted by Gasteiger charge is -2.22. The lowest BCUT2D eigenvalue weighted by atomic mass is 10.2. The lowest BCUT2D eigenvalue weighted by molar-refractivity contribution is -0.135. The highest BCUT2D eigenvalue weighted by molar-refractivity contribution is 9.10. The first-order chi connectivity index (χ1) is 7.54. The number of carboxylic acid groups (broad SMARTS) is 1. The summed E-state index contributed by atoms with van der Waals surface area (Å²) in [6, 6.07) is 5.74. The van der Waals surface area contributed by atoms with E-state index in [1.54, 1.807) is 4.90 Å². The van der Waals surface area contributed by atoms with Gasteiger partial charge >= 0.3 is 5.97 Å². The minimum atomic E-state index is -0.853. The van der Waals surface area contributed by atoms with Gasteiger partial charge in [0.2, 0.25) is 0 Å². The summed E-state index contributed by atoms with van der Waals surface area (Å²) in [4.78, 5) is 12.5. The van der Waals surface area contributed by atoms with Crippen molar-refractivity contribution >= 4 is 27.6 Å². The van der Waals surface area contributed by atoms with Gasteiger partial charge in [-0.25, -0.2) is 0 Å². The maximum absolute atomic E-state index is 10.7. The Kier molecular flexibility index (Phi) is 4.76. The molecule has 0 saturated carbocycles. The third-order valence-electron chi connectivity index (χ3n) is 2.23. The van der Waals surface area contributed by atoms with Crippen molar-refractivity contribution in [2.24, 2.45) is 5.73 Å².